The van der Waals surface area contributed by atoms with Gasteiger partial charge in [-0.25, -0.2) is 0 Å². The fraction of sp³-hybridized carbons (Fsp3) is 0.323. The fourth-order valence-corrected chi connectivity index (χ4v) is 10.8. The highest BCUT2D eigenvalue weighted by molar-refractivity contribution is 5.98. The summed E-state index contributed by atoms with van der Waals surface area (Å²) in [5.74, 6) is 0.153. The zero-order chi connectivity index (χ0) is 53.3. The molecule has 2 fully saturated rings. The van der Waals surface area contributed by atoms with Gasteiger partial charge in [-0.1, -0.05) is 158 Å². The largest absolute Gasteiger partial charge is 0.354 e. The third-order valence-corrected chi connectivity index (χ3v) is 15.1. The Morgan fingerprint density at radius 3 is 1.31 bits per heavy atom. The number of amides is 4. The minimum atomic E-state index is -0.285. The highest BCUT2D eigenvalue weighted by Crippen LogP contribution is 2.23. The topological polar surface area (TPSA) is 175 Å². The molecule has 77 heavy (non-hydrogen) atoms. The van der Waals surface area contributed by atoms with E-state index in [4.69, 9.17) is 11.5 Å². The monoisotopic (exact) mass is 1030 g/mol. The molecule has 12 heteroatoms. The van der Waals surface area contributed by atoms with Crippen molar-refractivity contribution in [1.29, 1.82) is 0 Å². The van der Waals surface area contributed by atoms with E-state index in [1.165, 1.54) is 26.9 Å². The first-order chi connectivity index (χ1) is 37.7. The van der Waals surface area contributed by atoms with Crippen LogP contribution in [0.15, 0.2) is 170 Å². The molecule has 0 aromatic heterocycles. The smallest absolute Gasteiger partial charge is 0.251 e. The highest BCUT2D eigenvalue weighted by atomic mass is 16.2. The van der Waals surface area contributed by atoms with E-state index < -0.39 is 0 Å². The lowest BCUT2D eigenvalue weighted by Crippen LogP contribution is -2.48. The fourth-order valence-electron chi connectivity index (χ4n) is 10.8. The molecule has 12 nitrogen and oxygen atoms in total. The number of fused-ring (bicyclic) bond motifs is 4. The van der Waals surface area contributed by atoms with E-state index in [0.29, 0.717) is 64.3 Å². The number of nitrogens with one attached hydrogen (secondary N) is 4. The molecule has 0 radical (unpaired) electrons. The first kappa shape index (κ1) is 54.3. The second-order valence-corrected chi connectivity index (χ2v) is 20.8. The van der Waals surface area contributed by atoms with Crippen molar-refractivity contribution < 1.29 is 19.2 Å². The normalized spacial score (nSPS) is 17.9. The molecule has 2 heterocycles. The van der Waals surface area contributed by atoms with Crippen molar-refractivity contribution >= 4 is 66.7 Å². The summed E-state index contributed by atoms with van der Waals surface area (Å²) in [4.78, 5) is 56.9. The predicted octanol–water partition coefficient (Wildman–Crippen LogP) is 9.15. The molecule has 4 amide bonds. The van der Waals surface area contributed by atoms with Gasteiger partial charge in [-0.2, -0.15) is 0 Å². The lowest BCUT2D eigenvalue weighted by Gasteiger charge is -2.25. The molecule has 0 bridgehead atoms. The van der Waals surface area contributed by atoms with E-state index in [1.807, 2.05) is 94.7 Å². The average molecular weight is 1030 g/mol. The number of nitrogens with zero attached hydrogens (tertiary/aromatic N) is 2. The molecule has 0 aliphatic carbocycles. The van der Waals surface area contributed by atoms with Gasteiger partial charge in [0.1, 0.15) is 0 Å². The van der Waals surface area contributed by atoms with Crippen molar-refractivity contribution in [2.75, 3.05) is 39.3 Å². The Morgan fingerprint density at radius 1 is 0.468 bits per heavy atom. The van der Waals surface area contributed by atoms with Gasteiger partial charge < -0.3 is 42.5 Å². The summed E-state index contributed by atoms with van der Waals surface area (Å²) in [7, 11) is 0. The quantitative estimate of drug-likeness (QED) is 0.0435. The second kappa shape index (κ2) is 27.0. The number of hydrogen-bond donors (Lipinski definition) is 6. The zero-order valence-corrected chi connectivity index (χ0v) is 44.2. The van der Waals surface area contributed by atoms with Crippen molar-refractivity contribution in [3.05, 3.63) is 192 Å². The summed E-state index contributed by atoms with van der Waals surface area (Å²) in [6, 6.07) is 57.0. The third-order valence-electron chi connectivity index (χ3n) is 15.1. The van der Waals surface area contributed by atoms with Gasteiger partial charge in [-0.05, 0) is 136 Å². The first-order valence-electron chi connectivity index (χ1n) is 27.7. The lowest BCUT2D eigenvalue weighted by atomic mass is 10.0. The Balaban J connectivity index is 0.000000188. The van der Waals surface area contributed by atoms with Gasteiger partial charge in [0.2, 0.25) is 17.7 Å². The number of carbonyl (C=O) groups excluding carboxylic acids is 4. The Bertz CT molecular complexity index is 3290. The lowest BCUT2D eigenvalue weighted by molar-refractivity contribution is -0.134. The van der Waals surface area contributed by atoms with Gasteiger partial charge >= 0.3 is 0 Å². The Kier molecular flexibility index (Phi) is 19.1. The van der Waals surface area contributed by atoms with Crippen LogP contribution in [-0.4, -0.2) is 96.9 Å². The molecule has 2 saturated heterocycles. The number of carbonyl (C=O) groups is 4. The van der Waals surface area contributed by atoms with Gasteiger partial charge in [0, 0.05) is 56.9 Å². The van der Waals surface area contributed by atoms with Crippen LogP contribution in [0, 0.1) is 0 Å². The number of nitrogens with two attached hydrogens (primary N) is 2. The van der Waals surface area contributed by atoms with Crippen LogP contribution in [0.4, 0.5) is 0 Å². The summed E-state index contributed by atoms with van der Waals surface area (Å²) in [6.45, 7) is 4.66. The molecule has 8 aromatic carbocycles. The van der Waals surface area contributed by atoms with Crippen molar-refractivity contribution in [2.45, 2.75) is 95.0 Å². The van der Waals surface area contributed by atoms with E-state index in [2.05, 4.69) is 106 Å². The number of unbranched alkanes of at least 4 members (excludes halogenated alkanes) is 2. The molecule has 0 spiro atoms. The van der Waals surface area contributed by atoms with Gasteiger partial charge in [0.05, 0.1) is 18.5 Å². The molecule has 4 atom stereocenters. The summed E-state index contributed by atoms with van der Waals surface area (Å²) in [6.07, 6.45) is 6.93. The predicted molar refractivity (Wildman–Crippen MR) is 312 cm³/mol. The van der Waals surface area contributed by atoms with Crippen LogP contribution in [0.2, 0.25) is 0 Å². The van der Waals surface area contributed by atoms with Crippen LogP contribution < -0.4 is 32.7 Å². The molecule has 0 unspecified atom stereocenters. The summed E-state index contributed by atoms with van der Waals surface area (Å²) in [5, 5.41) is 22.6. The number of hydrogen-bond acceptors (Lipinski definition) is 8. The number of rotatable bonds is 19. The minimum absolute atomic E-state index is 0.00430. The summed E-state index contributed by atoms with van der Waals surface area (Å²) < 4.78 is 0. The van der Waals surface area contributed by atoms with Crippen LogP contribution in [0.3, 0.4) is 0 Å². The molecule has 398 valence electrons. The maximum Gasteiger partial charge on any atom is 0.251 e. The SMILES string of the molecule is NCCCC[C@@H]1N[C@H](CNC(=O)Cc2ccc3ccccc3c2)CCN(Cc2ccc3ccccc3c2)C1=O.NCCCC[C@@H]1N[C@H](CNC(=O)c2ccc3ccccc3c2)CCN(Cc2ccc3ccccc3c2)C1=O. The maximum atomic E-state index is 13.6. The molecule has 2 aliphatic rings. The molecule has 10 rings (SSSR count). The highest BCUT2D eigenvalue weighted by Gasteiger charge is 2.32. The average Bonchev–Trinajstić information content (AvgIpc) is 3.71. The van der Waals surface area contributed by atoms with Crippen molar-refractivity contribution in [3.63, 3.8) is 0 Å². The Labute approximate surface area is 452 Å². The van der Waals surface area contributed by atoms with E-state index in [0.717, 1.165) is 84.2 Å². The van der Waals surface area contributed by atoms with Gasteiger partial charge in [-0.15, -0.1) is 0 Å². The van der Waals surface area contributed by atoms with Crippen LogP contribution in [-0.2, 0) is 33.9 Å². The molecular weight excluding hydrogens is 957 g/mol. The Morgan fingerprint density at radius 2 is 0.857 bits per heavy atom. The molecule has 8 aromatic rings. The van der Waals surface area contributed by atoms with Crippen LogP contribution in [0.1, 0.15) is 78.4 Å². The van der Waals surface area contributed by atoms with Crippen molar-refractivity contribution in [1.82, 2.24) is 31.1 Å². The maximum absolute atomic E-state index is 13.6. The second-order valence-electron chi connectivity index (χ2n) is 20.8. The standard InChI is InChI=1S/C33H38N4O2.C32H36N4O2/c34-17-6-5-11-31-33(39)37(23-25-13-15-27-8-2-4-10-29(27)20-25)18-16-30(36-31)22-35-32(38)21-24-12-14-26-7-1-3-9-28(26)19-24;33-17-6-5-11-30-32(38)36(22-23-12-13-24-7-1-3-9-26(24)19-23)18-16-29(35-30)21-34-31(37)28-15-14-25-8-2-4-10-27(25)20-28/h1-4,7-10,12-15,19-20,30-31,36H,5-6,11,16-18,21-23,34H2,(H,35,38);1-4,7-10,12-15,19-20,29-30,35H,5-6,11,16-18,21-22,33H2,(H,34,37)/t30-,31-;29-,30-/m00/s1. The summed E-state index contributed by atoms with van der Waals surface area (Å²) in [5.41, 5.74) is 15.3. The van der Waals surface area contributed by atoms with Crippen LogP contribution in [0.25, 0.3) is 43.1 Å². The van der Waals surface area contributed by atoms with E-state index in [1.54, 1.807) is 0 Å². The molecule has 0 saturated carbocycles. The van der Waals surface area contributed by atoms with Crippen molar-refractivity contribution in [3.8, 4) is 0 Å². The molecule has 8 N–H and O–H groups in total. The molecule has 2 aliphatic heterocycles. The van der Waals surface area contributed by atoms with Gasteiger partial charge in [0.25, 0.3) is 5.91 Å². The molecular formula is C65H74N8O4. The van der Waals surface area contributed by atoms with Gasteiger partial charge in [-0.3, -0.25) is 19.2 Å². The van der Waals surface area contributed by atoms with Crippen LogP contribution >= 0.6 is 0 Å². The van der Waals surface area contributed by atoms with E-state index in [-0.39, 0.29) is 47.8 Å². The Hall–Kier alpha value is -7.48. The minimum Gasteiger partial charge on any atom is -0.354 e. The van der Waals surface area contributed by atoms with E-state index >= 15 is 0 Å². The number of benzene rings is 8. The van der Waals surface area contributed by atoms with E-state index in [9.17, 15) is 19.2 Å². The zero-order valence-electron chi connectivity index (χ0n) is 44.2. The van der Waals surface area contributed by atoms with Gasteiger partial charge in [0.15, 0.2) is 0 Å². The third kappa shape index (κ3) is 14.9. The first-order valence-corrected chi connectivity index (χ1v) is 27.7. The summed E-state index contributed by atoms with van der Waals surface area (Å²) >= 11 is 0. The van der Waals surface area contributed by atoms with Crippen LogP contribution in [0.5, 0.6) is 0 Å². The van der Waals surface area contributed by atoms with Crippen molar-refractivity contribution in [2.24, 2.45) is 11.5 Å².